The van der Waals surface area contributed by atoms with Crippen LogP contribution in [0, 0.1) is 3.95 Å². The van der Waals surface area contributed by atoms with Crippen molar-refractivity contribution in [3.05, 3.63) is 39.2 Å². The number of carboxylic acid groups (broad SMARTS) is 1. The molecule has 1 aromatic carbocycles. The SMILES string of the molecule is O=C(O)c1ccccc1Nn1c(O)csc1=S. The van der Waals surface area contributed by atoms with Crippen molar-refractivity contribution in [3.63, 3.8) is 0 Å². The van der Waals surface area contributed by atoms with Crippen LogP contribution in [0.25, 0.3) is 0 Å². The van der Waals surface area contributed by atoms with Crippen LogP contribution in [0.2, 0.25) is 0 Å². The molecule has 1 aromatic heterocycles. The van der Waals surface area contributed by atoms with Gasteiger partial charge in [0.2, 0.25) is 5.88 Å². The maximum Gasteiger partial charge on any atom is 0.337 e. The molecule has 0 aliphatic heterocycles. The van der Waals surface area contributed by atoms with Gasteiger partial charge in [-0.05, 0) is 24.4 Å². The molecule has 0 bridgehead atoms. The number of hydrogen-bond donors (Lipinski definition) is 3. The van der Waals surface area contributed by atoms with E-state index in [4.69, 9.17) is 17.3 Å². The zero-order valence-electron chi connectivity index (χ0n) is 8.45. The van der Waals surface area contributed by atoms with E-state index in [9.17, 15) is 9.90 Å². The molecule has 0 aliphatic rings. The fraction of sp³-hybridized carbons (Fsp3) is 0. The summed E-state index contributed by atoms with van der Waals surface area (Å²) in [6.07, 6.45) is 0. The lowest BCUT2D eigenvalue weighted by Crippen LogP contribution is -2.11. The first-order valence-electron chi connectivity index (χ1n) is 4.58. The number of aromatic hydroxyl groups is 1. The van der Waals surface area contributed by atoms with Crippen molar-refractivity contribution in [1.82, 2.24) is 4.68 Å². The second-order valence-electron chi connectivity index (χ2n) is 3.16. The number of carboxylic acids is 1. The van der Waals surface area contributed by atoms with E-state index in [0.29, 0.717) is 9.64 Å². The van der Waals surface area contributed by atoms with Crippen molar-refractivity contribution in [3.8, 4) is 5.88 Å². The highest BCUT2D eigenvalue weighted by atomic mass is 32.1. The number of rotatable bonds is 3. The van der Waals surface area contributed by atoms with Gasteiger partial charge in [-0.3, -0.25) is 5.43 Å². The van der Waals surface area contributed by atoms with Crippen LogP contribution >= 0.6 is 23.6 Å². The highest BCUT2D eigenvalue weighted by Crippen LogP contribution is 2.20. The van der Waals surface area contributed by atoms with Crippen LogP contribution in [-0.4, -0.2) is 20.9 Å². The van der Waals surface area contributed by atoms with Crippen LogP contribution in [0.4, 0.5) is 5.69 Å². The molecule has 2 aromatic rings. The summed E-state index contributed by atoms with van der Waals surface area (Å²) in [5, 5.41) is 20.0. The molecule has 0 aliphatic carbocycles. The molecular formula is C10H8N2O3S2. The normalized spacial score (nSPS) is 10.1. The number of hydrogen-bond acceptors (Lipinski definition) is 5. The lowest BCUT2D eigenvalue weighted by molar-refractivity contribution is 0.0698. The number of aromatic nitrogens is 1. The number of thiazole rings is 1. The number of anilines is 1. The summed E-state index contributed by atoms with van der Waals surface area (Å²) in [5.74, 6) is -1.10. The maximum absolute atomic E-state index is 11.0. The number of carbonyl (C=O) groups is 1. The molecule has 88 valence electrons. The third kappa shape index (κ3) is 2.29. The van der Waals surface area contributed by atoms with E-state index in [1.54, 1.807) is 18.2 Å². The van der Waals surface area contributed by atoms with Crippen molar-refractivity contribution < 1.29 is 15.0 Å². The van der Waals surface area contributed by atoms with E-state index in [1.165, 1.54) is 27.5 Å². The van der Waals surface area contributed by atoms with Gasteiger partial charge in [0.15, 0.2) is 3.95 Å². The van der Waals surface area contributed by atoms with Gasteiger partial charge in [0, 0.05) is 0 Å². The second kappa shape index (κ2) is 4.56. The summed E-state index contributed by atoms with van der Waals surface area (Å²) >= 11 is 6.17. The molecule has 3 N–H and O–H groups in total. The van der Waals surface area contributed by atoms with Crippen molar-refractivity contribution in [1.29, 1.82) is 0 Å². The van der Waals surface area contributed by atoms with Crippen LogP contribution in [0.5, 0.6) is 5.88 Å². The number of benzene rings is 1. The second-order valence-corrected chi connectivity index (χ2v) is 4.66. The minimum Gasteiger partial charge on any atom is -0.493 e. The first-order valence-corrected chi connectivity index (χ1v) is 5.87. The molecule has 0 spiro atoms. The molecule has 5 nitrogen and oxygen atoms in total. The average molecular weight is 268 g/mol. The van der Waals surface area contributed by atoms with Crippen LogP contribution < -0.4 is 5.43 Å². The van der Waals surface area contributed by atoms with E-state index in [2.05, 4.69) is 5.43 Å². The summed E-state index contributed by atoms with van der Waals surface area (Å²) in [6, 6.07) is 6.39. The van der Waals surface area contributed by atoms with E-state index in [-0.39, 0.29) is 11.4 Å². The number of nitrogens with one attached hydrogen (secondary N) is 1. The Kier molecular flexibility index (Phi) is 3.12. The monoisotopic (exact) mass is 268 g/mol. The van der Waals surface area contributed by atoms with Gasteiger partial charge in [-0.2, -0.15) is 0 Å². The van der Waals surface area contributed by atoms with E-state index >= 15 is 0 Å². The molecule has 7 heteroatoms. The van der Waals surface area contributed by atoms with Crippen molar-refractivity contribution in [2.75, 3.05) is 5.43 Å². The van der Waals surface area contributed by atoms with Gasteiger partial charge in [-0.15, -0.1) is 11.3 Å². The Morgan fingerprint density at radius 1 is 1.41 bits per heavy atom. The summed E-state index contributed by atoms with van der Waals surface area (Å²) in [6.45, 7) is 0. The number of nitrogens with zero attached hydrogens (tertiary/aromatic N) is 1. The Morgan fingerprint density at radius 2 is 2.12 bits per heavy atom. The Labute approximate surface area is 106 Å². The first kappa shape index (κ1) is 11.6. The predicted molar refractivity (Wildman–Crippen MR) is 67.2 cm³/mol. The fourth-order valence-electron chi connectivity index (χ4n) is 1.29. The zero-order valence-corrected chi connectivity index (χ0v) is 10.1. The van der Waals surface area contributed by atoms with Crippen molar-refractivity contribution in [2.24, 2.45) is 0 Å². The van der Waals surface area contributed by atoms with Gasteiger partial charge in [-0.1, -0.05) is 12.1 Å². The van der Waals surface area contributed by atoms with Gasteiger partial charge in [0.1, 0.15) is 0 Å². The zero-order chi connectivity index (χ0) is 12.4. The quantitative estimate of drug-likeness (QED) is 0.746. The highest BCUT2D eigenvalue weighted by molar-refractivity contribution is 7.73. The summed E-state index contributed by atoms with van der Waals surface area (Å²) in [4.78, 5) is 11.0. The average Bonchev–Trinajstić information content (AvgIpc) is 2.61. The van der Waals surface area contributed by atoms with Crippen LogP contribution in [0.1, 0.15) is 10.4 Å². The number of para-hydroxylation sites is 1. The molecule has 17 heavy (non-hydrogen) atoms. The molecule has 0 saturated heterocycles. The topological polar surface area (TPSA) is 74.5 Å². The lowest BCUT2D eigenvalue weighted by Gasteiger charge is -2.10. The lowest BCUT2D eigenvalue weighted by atomic mass is 10.2. The van der Waals surface area contributed by atoms with Gasteiger partial charge in [-0.25, -0.2) is 9.47 Å². The largest absolute Gasteiger partial charge is 0.493 e. The number of aromatic carboxylic acids is 1. The summed E-state index contributed by atoms with van der Waals surface area (Å²) in [7, 11) is 0. The van der Waals surface area contributed by atoms with Gasteiger partial charge >= 0.3 is 5.97 Å². The van der Waals surface area contributed by atoms with Gasteiger partial charge in [0.25, 0.3) is 0 Å². The Hall–Kier alpha value is -1.86. The van der Waals surface area contributed by atoms with Crippen LogP contribution in [0.15, 0.2) is 29.6 Å². The molecule has 0 atom stereocenters. The van der Waals surface area contributed by atoms with Crippen LogP contribution in [-0.2, 0) is 0 Å². The van der Waals surface area contributed by atoms with E-state index in [1.807, 2.05) is 0 Å². The Balaban J connectivity index is 2.43. The van der Waals surface area contributed by atoms with Gasteiger partial charge < -0.3 is 10.2 Å². The van der Waals surface area contributed by atoms with E-state index < -0.39 is 5.97 Å². The smallest absolute Gasteiger partial charge is 0.337 e. The Bertz CT molecular complexity index is 618. The van der Waals surface area contributed by atoms with Crippen molar-refractivity contribution in [2.45, 2.75) is 0 Å². The molecule has 0 fully saturated rings. The molecule has 1 heterocycles. The molecule has 0 saturated carbocycles. The summed E-state index contributed by atoms with van der Waals surface area (Å²) < 4.78 is 1.66. The van der Waals surface area contributed by atoms with Gasteiger partial charge in [0.05, 0.1) is 16.6 Å². The molecule has 0 radical (unpaired) electrons. The molecule has 0 unspecified atom stereocenters. The fourth-order valence-corrected chi connectivity index (χ4v) is 2.13. The minimum atomic E-state index is -1.05. The predicted octanol–water partition coefficient (Wildman–Crippen LogP) is 2.56. The molecule has 2 rings (SSSR count). The summed E-state index contributed by atoms with van der Waals surface area (Å²) in [5.41, 5.74) is 3.24. The third-order valence-corrected chi connectivity index (χ3v) is 3.25. The maximum atomic E-state index is 11.0. The van der Waals surface area contributed by atoms with Crippen LogP contribution in [0.3, 0.4) is 0 Å². The van der Waals surface area contributed by atoms with E-state index in [0.717, 1.165) is 0 Å². The standard InChI is InChI=1S/C10H8N2O3S2/c13-8-5-17-10(16)12(8)11-7-4-2-1-3-6(7)9(14)15/h1-5,11,13H,(H,14,15). The highest BCUT2D eigenvalue weighted by Gasteiger charge is 2.10. The first-order chi connectivity index (χ1) is 8.09. The molecular weight excluding hydrogens is 260 g/mol. The molecule has 0 amide bonds. The van der Waals surface area contributed by atoms with Crippen molar-refractivity contribution >= 4 is 35.2 Å². The Morgan fingerprint density at radius 3 is 2.71 bits per heavy atom. The minimum absolute atomic E-state index is 0.0554. The third-order valence-electron chi connectivity index (χ3n) is 2.07.